The van der Waals surface area contributed by atoms with Gasteiger partial charge in [-0.15, -0.1) is 0 Å². The Morgan fingerprint density at radius 3 is 2.53 bits per heavy atom. The highest BCUT2D eigenvalue weighted by Gasteiger charge is 2.22. The van der Waals surface area contributed by atoms with Crippen molar-refractivity contribution >= 4 is 31.9 Å². The first-order valence-electron chi connectivity index (χ1n) is 6.60. The first kappa shape index (κ1) is 15.3. The van der Waals surface area contributed by atoms with Gasteiger partial charge in [-0.25, -0.2) is 0 Å². The Bertz CT molecular complexity index is 445. The molecule has 1 aliphatic rings. The van der Waals surface area contributed by atoms with Crippen LogP contribution in [0.1, 0.15) is 31.2 Å². The Hall–Kier alpha value is -0.100. The number of hydrogen-bond donors (Lipinski definition) is 2. The highest BCUT2D eigenvalue weighted by Crippen LogP contribution is 2.33. The predicted molar refractivity (Wildman–Crippen MR) is 85.2 cm³/mol. The minimum Gasteiger partial charge on any atom is -0.506 e. The lowest BCUT2D eigenvalue weighted by Gasteiger charge is -2.33. The molecule has 0 spiro atoms. The van der Waals surface area contributed by atoms with Gasteiger partial charge in [-0.3, -0.25) is 4.90 Å². The molecule has 0 radical (unpaired) electrons. The molecule has 1 saturated carbocycles. The van der Waals surface area contributed by atoms with E-state index in [4.69, 9.17) is 5.73 Å². The Kier molecular flexibility index (Phi) is 5.29. The topological polar surface area (TPSA) is 49.5 Å². The van der Waals surface area contributed by atoms with Gasteiger partial charge in [0.1, 0.15) is 5.75 Å². The molecule has 0 saturated heterocycles. The van der Waals surface area contributed by atoms with Crippen LogP contribution >= 0.6 is 31.9 Å². The Morgan fingerprint density at radius 2 is 1.89 bits per heavy atom. The van der Waals surface area contributed by atoms with Gasteiger partial charge in [0.2, 0.25) is 0 Å². The minimum atomic E-state index is 0.336. The van der Waals surface area contributed by atoms with E-state index in [1.54, 1.807) is 0 Å². The van der Waals surface area contributed by atoms with Crippen LogP contribution in [-0.4, -0.2) is 29.1 Å². The second-order valence-corrected chi connectivity index (χ2v) is 7.15. The van der Waals surface area contributed by atoms with Crippen LogP contribution < -0.4 is 5.73 Å². The maximum absolute atomic E-state index is 10.1. The normalized spacial score (nSPS) is 23.8. The number of aromatic hydroxyl groups is 1. The van der Waals surface area contributed by atoms with Crippen LogP contribution in [-0.2, 0) is 6.54 Å². The molecule has 0 aromatic heterocycles. The molecule has 1 aromatic rings. The smallest absolute Gasteiger partial charge is 0.134 e. The number of nitrogens with two attached hydrogens (primary N) is 1. The SMILES string of the molecule is CN(Cc1cc(Br)cc(Br)c1O)C1CCC(N)CC1. The van der Waals surface area contributed by atoms with Crippen LogP contribution in [0.15, 0.2) is 21.1 Å². The number of benzene rings is 1. The third kappa shape index (κ3) is 3.94. The largest absolute Gasteiger partial charge is 0.506 e. The fourth-order valence-corrected chi connectivity index (χ4v) is 3.99. The van der Waals surface area contributed by atoms with Crippen molar-refractivity contribution in [3.05, 3.63) is 26.6 Å². The number of phenols is 1. The predicted octanol–water partition coefficient (Wildman–Crippen LogP) is 3.62. The minimum absolute atomic E-state index is 0.336. The van der Waals surface area contributed by atoms with Crippen molar-refractivity contribution in [1.82, 2.24) is 4.90 Å². The third-order valence-corrected chi connectivity index (χ3v) is 4.95. The molecule has 0 heterocycles. The molecule has 1 fully saturated rings. The quantitative estimate of drug-likeness (QED) is 0.827. The van der Waals surface area contributed by atoms with Crippen molar-refractivity contribution in [2.45, 2.75) is 44.3 Å². The van der Waals surface area contributed by atoms with Gasteiger partial charge >= 0.3 is 0 Å². The summed E-state index contributed by atoms with van der Waals surface area (Å²) in [4.78, 5) is 2.32. The summed E-state index contributed by atoms with van der Waals surface area (Å²) in [6.07, 6.45) is 4.49. The zero-order chi connectivity index (χ0) is 14.0. The second-order valence-electron chi connectivity index (χ2n) is 5.38. The fraction of sp³-hybridized carbons (Fsp3) is 0.571. The number of hydrogen-bond acceptors (Lipinski definition) is 3. The van der Waals surface area contributed by atoms with E-state index in [0.717, 1.165) is 46.7 Å². The van der Waals surface area contributed by atoms with Gasteiger partial charge in [0.05, 0.1) is 4.47 Å². The lowest BCUT2D eigenvalue weighted by atomic mass is 9.91. The number of rotatable bonds is 3. The Labute approximate surface area is 131 Å². The molecule has 3 nitrogen and oxygen atoms in total. The van der Waals surface area contributed by atoms with E-state index in [1.165, 1.54) is 0 Å². The molecule has 0 bridgehead atoms. The first-order valence-corrected chi connectivity index (χ1v) is 8.18. The summed E-state index contributed by atoms with van der Waals surface area (Å²) in [5, 5.41) is 10.1. The molecule has 1 aromatic carbocycles. The van der Waals surface area contributed by atoms with Gasteiger partial charge in [0.15, 0.2) is 0 Å². The average Bonchev–Trinajstić information content (AvgIpc) is 2.36. The summed E-state index contributed by atoms with van der Waals surface area (Å²) in [6.45, 7) is 0.754. The van der Waals surface area contributed by atoms with E-state index in [1.807, 2.05) is 12.1 Å². The molecular formula is C14H20Br2N2O. The molecule has 0 unspecified atom stereocenters. The van der Waals surface area contributed by atoms with Crippen LogP contribution in [0.5, 0.6) is 5.75 Å². The average molecular weight is 392 g/mol. The van der Waals surface area contributed by atoms with Crippen LogP contribution in [0.25, 0.3) is 0 Å². The zero-order valence-corrected chi connectivity index (χ0v) is 14.2. The van der Waals surface area contributed by atoms with Crippen molar-refractivity contribution in [3.63, 3.8) is 0 Å². The number of halogens is 2. The molecule has 2 rings (SSSR count). The molecule has 3 N–H and O–H groups in total. The van der Waals surface area contributed by atoms with E-state index in [-0.39, 0.29) is 0 Å². The van der Waals surface area contributed by atoms with Crippen molar-refractivity contribution < 1.29 is 5.11 Å². The summed E-state index contributed by atoms with van der Waals surface area (Å²) < 4.78 is 1.71. The van der Waals surface area contributed by atoms with Crippen molar-refractivity contribution in [2.75, 3.05) is 7.05 Å². The van der Waals surface area contributed by atoms with E-state index in [2.05, 4.69) is 43.8 Å². The van der Waals surface area contributed by atoms with Crippen molar-refractivity contribution in [1.29, 1.82) is 0 Å². The number of phenolic OH excluding ortho intramolecular Hbond substituents is 1. The second kappa shape index (κ2) is 6.57. The lowest BCUT2D eigenvalue weighted by molar-refractivity contribution is 0.175. The van der Waals surface area contributed by atoms with E-state index in [9.17, 15) is 5.11 Å². The first-order chi connectivity index (χ1) is 8.97. The Morgan fingerprint density at radius 1 is 1.26 bits per heavy atom. The summed E-state index contributed by atoms with van der Waals surface area (Å²) in [6, 6.07) is 4.78. The maximum atomic E-state index is 10.1. The van der Waals surface area contributed by atoms with Gasteiger partial charge in [0.25, 0.3) is 0 Å². The van der Waals surface area contributed by atoms with Gasteiger partial charge in [-0.2, -0.15) is 0 Å². The third-order valence-electron chi connectivity index (χ3n) is 3.89. The highest BCUT2D eigenvalue weighted by atomic mass is 79.9. The molecule has 19 heavy (non-hydrogen) atoms. The van der Waals surface area contributed by atoms with Gasteiger partial charge in [-0.1, -0.05) is 15.9 Å². The van der Waals surface area contributed by atoms with E-state index < -0.39 is 0 Å². The highest BCUT2D eigenvalue weighted by molar-refractivity contribution is 9.11. The summed E-state index contributed by atoms with van der Waals surface area (Å²) in [5.41, 5.74) is 6.89. The standard InChI is InChI=1S/C14H20Br2N2O/c1-18(12-4-2-11(17)3-5-12)8-9-6-10(15)7-13(16)14(9)19/h6-7,11-12,19H,2-5,8,17H2,1H3. The lowest BCUT2D eigenvalue weighted by Crippen LogP contribution is -2.38. The van der Waals surface area contributed by atoms with Crippen molar-refractivity contribution in [2.24, 2.45) is 5.73 Å². The molecule has 0 atom stereocenters. The van der Waals surface area contributed by atoms with Crippen LogP contribution in [0.4, 0.5) is 0 Å². The van der Waals surface area contributed by atoms with Crippen LogP contribution in [0.2, 0.25) is 0 Å². The van der Waals surface area contributed by atoms with Crippen LogP contribution in [0.3, 0.4) is 0 Å². The summed E-state index contributed by atoms with van der Waals surface area (Å²) >= 11 is 6.84. The maximum Gasteiger partial charge on any atom is 0.134 e. The summed E-state index contributed by atoms with van der Waals surface area (Å²) in [7, 11) is 2.12. The summed E-state index contributed by atoms with van der Waals surface area (Å²) in [5.74, 6) is 0.336. The molecule has 0 aliphatic heterocycles. The molecule has 0 amide bonds. The molecule has 1 aliphatic carbocycles. The molecular weight excluding hydrogens is 372 g/mol. The molecule has 106 valence electrons. The van der Waals surface area contributed by atoms with E-state index in [0.29, 0.717) is 17.8 Å². The monoisotopic (exact) mass is 390 g/mol. The van der Waals surface area contributed by atoms with Crippen LogP contribution in [0, 0.1) is 0 Å². The Balaban J connectivity index is 2.04. The number of nitrogens with zero attached hydrogens (tertiary/aromatic N) is 1. The van der Waals surface area contributed by atoms with Crippen molar-refractivity contribution in [3.8, 4) is 5.75 Å². The van der Waals surface area contributed by atoms with Gasteiger partial charge < -0.3 is 10.8 Å². The van der Waals surface area contributed by atoms with E-state index >= 15 is 0 Å². The molecule has 5 heteroatoms. The van der Waals surface area contributed by atoms with Gasteiger partial charge in [-0.05, 0) is 60.8 Å². The zero-order valence-electron chi connectivity index (χ0n) is 11.1. The fourth-order valence-electron chi connectivity index (χ4n) is 2.68. The van der Waals surface area contributed by atoms with Gasteiger partial charge in [0, 0.05) is 28.7 Å².